The van der Waals surface area contributed by atoms with Gasteiger partial charge in [0.15, 0.2) is 0 Å². The van der Waals surface area contributed by atoms with Gasteiger partial charge >= 0.3 is 11.9 Å². The number of methoxy groups -OCH3 is 1. The lowest BCUT2D eigenvalue weighted by Gasteiger charge is -2.16. The van der Waals surface area contributed by atoms with E-state index < -0.39 is 42.3 Å². The van der Waals surface area contributed by atoms with Gasteiger partial charge in [0, 0.05) is 6.42 Å². The zero-order valence-electron chi connectivity index (χ0n) is 10.4. The summed E-state index contributed by atoms with van der Waals surface area (Å²) < 4.78 is 4.35. The fourth-order valence-corrected chi connectivity index (χ4v) is 1.21. The number of primary amides is 1. The molecule has 0 saturated heterocycles. The molecule has 2 atom stereocenters. The highest BCUT2D eigenvalue weighted by molar-refractivity contribution is 5.90. The van der Waals surface area contributed by atoms with Crippen molar-refractivity contribution >= 4 is 23.8 Å². The third kappa shape index (κ3) is 6.99. The maximum absolute atomic E-state index is 11.5. The van der Waals surface area contributed by atoms with E-state index in [0.717, 1.165) is 0 Å². The summed E-state index contributed by atoms with van der Waals surface area (Å²) in [6.45, 7) is 0. The summed E-state index contributed by atoms with van der Waals surface area (Å²) in [7, 11) is 1.17. The maximum atomic E-state index is 11.5. The topological polar surface area (TPSA) is 162 Å². The summed E-state index contributed by atoms with van der Waals surface area (Å²) in [4.78, 5) is 43.8. The molecule has 6 N–H and O–H groups in total. The van der Waals surface area contributed by atoms with Crippen molar-refractivity contribution in [2.45, 2.75) is 31.3 Å². The van der Waals surface area contributed by atoms with Crippen LogP contribution in [0, 0.1) is 0 Å². The largest absolute Gasteiger partial charge is 0.480 e. The Kier molecular flexibility index (Phi) is 7.12. The summed E-state index contributed by atoms with van der Waals surface area (Å²) in [5.41, 5.74) is 10.2. The van der Waals surface area contributed by atoms with Crippen LogP contribution in [0.15, 0.2) is 0 Å². The number of nitrogens with two attached hydrogens (primary N) is 2. The predicted molar refractivity (Wildman–Crippen MR) is 62.6 cm³/mol. The summed E-state index contributed by atoms with van der Waals surface area (Å²) in [5, 5.41) is 11.0. The van der Waals surface area contributed by atoms with Crippen LogP contribution in [0.5, 0.6) is 0 Å². The summed E-state index contributed by atoms with van der Waals surface area (Å²) in [6, 6.07) is -2.51. The highest BCUT2D eigenvalue weighted by Crippen LogP contribution is 2.00. The van der Waals surface area contributed by atoms with Gasteiger partial charge in [-0.2, -0.15) is 0 Å². The Hall–Kier alpha value is -2.16. The average Bonchev–Trinajstić information content (AvgIpc) is 2.32. The number of carboxylic acid groups (broad SMARTS) is 1. The van der Waals surface area contributed by atoms with Crippen molar-refractivity contribution in [3.63, 3.8) is 0 Å². The second-order valence-electron chi connectivity index (χ2n) is 3.79. The first-order valence-corrected chi connectivity index (χ1v) is 5.41. The molecule has 108 valence electrons. The average molecular weight is 275 g/mol. The van der Waals surface area contributed by atoms with Crippen molar-refractivity contribution in [1.82, 2.24) is 5.32 Å². The minimum atomic E-state index is -1.32. The fraction of sp³-hybridized carbons (Fsp3) is 0.600. The molecule has 0 aliphatic carbocycles. The number of esters is 1. The number of aliphatic carboxylic acids is 1. The van der Waals surface area contributed by atoms with E-state index >= 15 is 0 Å². The van der Waals surface area contributed by atoms with E-state index in [9.17, 15) is 19.2 Å². The van der Waals surface area contributed by atoms with Gasteiger partial charge in [-0.25, -0.2) is 4.79 Å². The molecule has 19 heavy (non-hydrogen) atoms. The zero-order valence-corrected chi connectivity index (χ0v) is 10.4. The molecule has 9 nitrogen and oxygen atoms in total. The lowest BCUT2D eigenvalue weighted by atomic mass is 10.1. The van der Waals surface area contributed by atoms with Gasteiger partial charge < -0.3 is 26.6 Å². The molecule has 0 bridgehead atoms. The van der Waals surface area contributed by atoms with Crippen molar-refractivity contribution in [2.24, 2.45) is 11.5 Å². The van der Waals surface area contributed by atoms with Crippen LogP contribution < -0.4 is 16.8 Å². The molecule has 2 amide bonds. The van der Waals surface area contributed by atoms with E-state index in [-0.39, 0.29) is 12.8 Å². The van der Waals surface area contributed by atoms with Gasteiger partial charge in [-0.3, -0.25) is 14.4 Å². The molecule has 0 spiro atoms. The minimum absolute atomic E-state index is 0.142. The van der Waals surface area contributed by atoms with E-state index in [1.165, 1.54) is 7.11 Å². The van der Waals surface area contributed by atoms with E-state index in [1.807, 2.05) is 0 Å². The zero-order chi connectivity index (χ0) is 15.0. The molecular formula is C10H17N3O6. The molecule has 0 saturated carbocycles. The number of nitrogens with one attached hydrogen (secondary N) is 1. The van der Waals surface area contributed by atoms with E-state index in [0.29, 0.717) is 0 Å². The lowest BCUT2D eigenvalue weighted by Crippen LogP contribution is -2.49. The number of ether oxygens (including phenoxy) is 1. The van der Waals surface area contributed by atoms with Crippen molar-refractivity contribution < 1.29 is 29.0 Å². The molecule has 0 rings (SSSR count). The monoisotopic (exact) mass is 275 g/mol. The number of hydrogen-bond donors (Lipinski definition) is 4. The summed E-state index contributed by atoms with van der Waals surface area (Å²) in [5.74, 6) is -3.51. The molecule has 9 heteroatoms. The third-order valence-corrected chi connectivity index (χ3v) is 2.24. The molecule has 0 aromatic rings. The summed E-state index contributed by atoms with van der Waals surface area (Å²) >= 11 is 0. The molecule has 0 radical (unpaired) electrons. The second kappa shape index (κ2) is 8.03. The molecule has 0 aliphatic heterocycles. The molecule has 0 aliphatic rings. The molecule has 0 aromatic heterocycles. The second-order valence-corrected chi connectivity index (χ2v) is 3.79. The van der Waals surface area contributed by atoms with Crippen LogP contribution >= 0.6 is 0 Å². The smallest absolute Gasteiger partial charge is 0.326 e. The van der Waals surface area contributed by atoms with Crippen LogP contribution in [0.4, 0.5) is 0 Å². The predicted octanol–water partition coefficient (Wildman–Crippen LogP) is -2.29. The maximum Gasteiger partial charge on any atom is 0.326 e. The van der Waals surface area contributed by atoms with Gasteiger partial charge in [0.25, 0.3) is 0 Å². The molecular weight excluding hydrogens is 258 g/mol. The van der Waals surface area contributed by atoms with E-state index in [4.69, 9.17) is 16.6 Å². The number of hydrogen-bond acceptors (Lipinski definition) is 6. The van der Waals surface area contributed by atoms with Crippen molar-refractivity contribution in [2.75, 3.05) is 7.11 Å². The van der Waals surface area contributed by atoms with Crippen LogP contribution in [0.2, 0.25) is 0 Å². The summed E-state index contributed by atoms with van der Waals surface area (Å²) in [6.07, 6.45) is -0.703. The third-order valence-electron chi connectivity index (χ3n) is 2.24. The van der Waals surface area contributed by atoms with Gasteiger partial charge in [0.2, 0.25) is 11.8 Å². The van der Waals surface area contributed by atoms with Gasteiger partial charge in [-0.05, 0) is 6.42 Å². The van der Waals surface area contributed by atoms with Gasteiger partial charge in [-0.1, -0.05) is 0 Å². The Balaban J connectivity index is 4.41. The Morgan fingerprint density at radius 3 is 2.32 bits per heavy atom. The van der Waals surface area contributed by atoms with E-state index in [2.05, 4.69) is 10.1 Å². The first-order chi connectivity index (χ1) is 8.77. The Morgan fingerprint density at radius 1 is 1.32 bits per heavy atom. The minimum Gasteiger partial charge on any atom is -0.480 e. The van der Waals surface area contributed by atoms with Crippen LogP contribution in [-0.4, -0.2) is 48.1 Å². The number of amides is 2. The van der Waals surface area contributed by atoms with Crippen LogP contribution in [0.3, 0.4) is 0 Å². The Morgan fingerprint density at radius 2 is 1.89 bits per heavy atom. The highest BCUT2D eigenvalue weighted by Gasteiger charge is 2.24. The van der Waals surface area contributed by atoms with Crippen molar-refractivity contribution in [3.05, 3.63) is 0 Å². The van der Waals surface area contributed by atoms with E-state index in [1.54, 1.807) is 0 Å². The fourth-order valence-electron chi connectivity index (χ4n) is 1.21. The number of carbonyl (C=O) groups is 4. The molecule has 0 heterocycles. The first kappa shape index (κ1) is 16.8. The molecule has 1 unspecified atom stereocenters. The Labute approximate surface area is 109 Å². The standard InChI is InChI=1S/C10H17N3O6/c1-19-8(15)3-2-6(10(17)18)13-9(16)5(11)4-7(12)14/h5-6H,2-4,11H2,1H3,(H2,12,14)(H,13,16)(H,17,18)/t5?,6-/m1/s1. The lowest BCUT2D eigenvalue weighted by molar-refractivity contribution is -0.144. The highest BCUT2D eigenvalue weighted by atomic mass is 16.5. The first-order valence-electron chi connectivity index (χ1n) is 5.41. The molecule has 0 aromatic carbocycles. The van der Waals surface area contributed by atoms with Crippen LogP contribution in [0.25, 0.3) is 0 Å². The number of carboxylic acids is 1. The van der Waals surface area contributed by atoms with Crippen LogP contribution in [-0.2, 0) is 23.9 Å². The number of rotatable bonds is 8. The number of carbonyl (C=O) groups excluding carboxylic acids is 3. The van der Waals surface area contributed by atoms with Crippen LogP contribution in [0.1, 0.15) is 19.3 Å². The van der Waals surface area contributed by atoms with Gasteiger partial charge in [0.1, 0.15) is 6.04 Å². The van der Waals surface area contributed by atoms with Gasteiger partial charge in [0.05, 0.1) is 19.6 Å². The van der Waals surface area contributed by atoms with Crippen molar-refractivity contribution in [1.29, 1.82) is 0 Å². The van der Waals surface area contributed by atoms with Crippen molar-refractivity contribution in [3.8, 4) is 0 Å². The SMILES string of the molecule is COC(=O)CC[C@@H](NC(=O)C(N)CC(N)=O)C(=O)O. The Bertz CT molecular complexity index is 370. The normalized spacial score (nSPS) is 13.2. The van der Waals surface area contributed by atoms with Gasteiger partial charge in [-0.15, -0.1) is 0 Å². The quantitative estimate of drug-likeness (QED) is 0.362. The molecule has 0 fully saturated rings.